The van der Waals surface area contributed by atoms with Crippen LogP contribution in [0.25, 0.3) is 0 Å². The molecule has 1 aliphatic carbocycles. The maximum atomic E-state index is 14.1. The van der Waals surface area contributed by atoms with E-state index < -0.39 is 29.0 Å². The monoisotopic (exact) mass is 328 g/mol. The molecule has 124 valence electrons. The Morgan fingerprint density at radius 3 is 2.22 bits per heavy atom. The summed E-state index contributed by atoms with van der Waals surface area (Å²) in [7, 11) is 0. The van der Waals surface area contributed by atoms with Crippen molar-refractivity contribution in [1.29, 1.82) is 0 Å². The van der Waals surface area contributed by atoms with E-state index in [0.717, 1.165) is 17.7 Å². The van der Waals surface area contributed by atoms with Crippen molar-refractivity contribution in [3.05, 3.63) is 53.1 Å². The minimum absolute atomic E-state index is 0.0175. The molecule has 0 bridgehead atoms. The Balaban J connectivity index is 2.30. The van der Waals surface area contributed by atoms with Crippen molar-refractivity contribution >= 4 is 5.97 Å². The first-order valence-electron chi connectivity index (χ1n) is 7.16. The zero-order valence-corrected chi connectivity index (χ0v) is 12.7. The van der Waals surface area contributed by atoms with Crippen LogP contribution in [0.5, 0.6) is 5.75 Å². The lowest BCUT2D eigenvalue weighted by Gasteiger charge is -2.32. The number of aryl methyl sites for hydroxylation is 1. The molecule has 0 saturated carbocycles. The lowest BCUT2D eigenvalue weighted by atomic mass is 9.88. The van der Waals surface area contributed by atoms with Crippen LogP contribution in [-0.2, 0) is 4.79 Å². The number of hydrogen-bond donors (Lipinski definition) is 0. The van der Waals surface area contributed by atoms with Crippen LogP contribution in [0.2, 0.25) is 0 Å². The number of ether oxygens (including phenoxy) is 1. The van der Waals surface area contributed by atoms with Crippen LogP contribution in [0.1, 0.15) is 25.3 Å². The fourth-order valence-corrected chi connectivity index (χ4v) is 2.24. The van der Waals surface area contributed by atoms with Gasteiger partial charge in [0.05, 0.1) is 0 Å². The summed E-state index contributed by atoms with van der Waals surface area (Å²) in [5.41, 5.74) is -1.15. The van der Waals surface area contributed by atoms with Gasteiger partial charge in [0.15, 0.2) is 0 Å². The summed E-state index contributed by atoms with van der Waals surface area (Å²) in [6, 6.07) is 6.05. The number of halogens is 4. The van der Waals surface area contributed by atoms with Gasteiger partial charge in [-0.3, -0.25) is 0 Å². The average Bonchev–Trinajstić information content (AvgIpc) is 2.47. The lowest BCUT2D eigenvalue weighted by Crippen LogP contribution is -2.48. The number of alkyl halides is 4. The highest BCUT2D eigenvalue weighted by atomic mass is 19.3. The number of esters is 1. The fourth-order valence-electron chi connectivity index (χ4n) is 2.24. The molecule has 0 N–H and O–H groups in total. The van der Waals surface area contributed by atoms with Gasteiger partial charge in [0.25, 0.3) is 0 Å². The van der Waals surface area contributed by atoms with E-state index in [2.05, 4.69) is 0 Å². The molecule has 2 nitrogen and oxygen atoms in total. The SMILES string of the molecule is CCCC1=CC=C(C(=O)Oc2ccc(C)cc2)C(F)(F)C1(F)F. The van der Waals surface area contributed by atoms with Gasteiger partial charge in [-0.25, -0.2) is 4.79 Å². The third kappa shape index (κ3) is 3.16. The van der Waals surface area contributed by atoms with Crippen LogP contribution in [0.3, 0.4) is 0 Å². The molecule has 1 aromatic rings. The predicted octanol–water partition coefficient (Wildman–Crippen LogP) is 4.84. The largest absolute Gasteiger partial charge is 0.423 e. The Kier molecular flexibility index (Phi) is 4.63. The number of rotatable bonds is 4. The Morgan fingerprint density at radius 2 is 1.65 bits per heavy atom. The molecule has 0 radical (unpaired) electrons. The molecule has 0 spiro atoms. The van der Waals surface area contributed by atoms with Crippen molar-refractivity contribution in [3.63, 3.8) is 0 Å². The number of hydrogen-bond acceptors (Lipinski definition) is 2. The maximum Gasteiger partial charge on any atom is 0.346 e. The topological polar surface area (TPSA) is 26.3 Å². The number of carbonyl (C=O) groups excluding carboxylic acids is 1. The Labute approximate surface area is 131 Å². The van der Waals surface area contributed by atoms with Crippen LogP contribution in [0, 0.1) is 6.92 Å². The average molecular weight is 328 g/mol. The van der Waals surface area contributed by atoms with Crippen LogP contribution in [0.15, 0.2) is 47.6 Å². The van der Waals surface area contributed by atoms with Gasteiger partial charge < -0.3 is 4.74 Å². The first kappa shape index (κ1) is 17.2. The molecule has 6 heteroatoms. The number of carbonyl (C=O) groups is 1. The summed E-state index contributed by atoms with van der Waals surface area (Å²) in [5, 5.41) is 0. The highest BCUT2D eigenvalue weighted by Gasteiger charge is 2.63. The van der Waals surface area contributed by atoms with Crippen molar-refractivity contribution in [2.75, 3.05) is 0 Å². The summed E-state index contributed by atoms with van der Waals surface area (Å²) >= 11 is 0. The quantitative estimate of drug-likeness (QED) is 0.449. The molecular weight excluding hydrogens is 312 g/mol. The molecule has 2 rings (SSSR count). The van der Waals surface area contributed by atoms with Crippen molar-refractivity contribution in [3.8, 4) is 5.75 Å². The van der Waals surface area contributed by atoms with Gasteiger partial charge in [-0.15, -0.1) is 0 Å². The number of benzene rings is 1. The van der Waals surface area contributed by atoms with Crippen LogP contribution < -0.4 is 4.74 Å². The predicted molar refractivity (Wildman–Crippen MR) is 77.8 cm³/mol. The highest BCUT2D eigenvalue weighted by Crippen LogP contribution is 2.48. The normalized spacial score (nSPS) is 18.9. The second kappa shape index (κ2) is 6.18. The van der Waals surface area contributed by atoms with E-state index in [1.54, 1.807) is 26.0 Å². The third-order valence-corrected chi connectivity index (χ3v) is 3.56. The summed E-state index contributed by atoms with van der Waals surface area (Å²) in [6.07, 6.45) is 1.74. The van der Waals surface area contributed by atoms with E-state index >= 15 is 0 Å². The molecule has 0 atom stereocenters. The van der Waals surface area contributed by atoms with Gasteiger partial charge in [0.2, 0.25) is 0 Å². The van der Waals surface area contributed by atoms with Crippen molar-refractivity contribution < 1.29 is 27.1 Å². The molecule has 0 aromatic heterocycles. The molecule has 0 heterocycles. The zero-order chi connectivity index (χ0) is 17.3. The van der Waals surface area contributed by atoms with E-state index in [0.29, 0.717) is 6.42 Å². The van der Waals surface area contributed by atoms with E-state index in [1.807, 2.05) is 0 Å². The van der Waals surface area contributed by atoms with Crippen LogP contribution in [0.4, 0.5) is 17.6 Å². The van der Waals surface area contributed by atoms with Gasteiger partial charge in [-0.2, -0.15) is 17.6 Å². The van der Waals surface area contributed by atoms with Gasteiger partial charge in [0, 0.05) is 5.57 Å². The van der Waals surface area contributed by atoms with E-state index in [-0.39, 0.29) is 12.2 Å². The van der Waals surface area contributed by atoms with E-state index in [1.165, 1.54) is 12.1 Å². The van der Waals surface area contributed by atoms with Gasteiger partial charge in [-0.1, -0.05) is 37.1 Å². The van der Waals surface area contributed by atoms with Gasteiger partial charge in [-0.05, 0) is 31.6 Å². The van der Waals surface area contributed by atoms with E-state index in [4.69, 9.17) is 4.74 Å². The molecular formula is C17H16F4O2. The molecule has 23 heavy (non-hydrogen) atoms. The Hall–Kier alpha value is -2.11. The second-order valence-corrected chi connectivity index (χ2v) is 5.37. The second-order valence-electron chi connectivity index (χ2n) is 5.37. The molecule has 0 fully saturated rings. The van der Waals surface area contributed by atoms with Gasteiger partial charge >= 0.3 is 17.8 Å². The lowest BCUT2D eigenvalue weighted by molar-refractivity contribution is -0.173. The maximum absolute atomic E-state index is 14.1. The van der Waals surface area contributed by atoms with Crippen molar-refractivity contribution in [2.45, 2.75) is 38.5 Å². The molecule has 1 aromatic carbocycles. The molecule has 0 unspecified atom stereocenters. The smallest absolute Gasteiger partial charge is 0.346 e. The molecule has 0 aliphatic heterocycles. The zero-order valence-electron chi connectivity index (χ0n) is 12.7. The fraction of sp³-hybridized carbons (Fsp3) is 0.353. The van der Waals surface area contributed by atoms with Crippen molar-refractivity contribution in [2.24, 2.45) is 0 Å². The molecule has 0 saturated heterocycles. The summed E-state index contributed by atoms with van der Waals surface area (Å²) < 4.78 is 60.9. The Morgan fingerprint density at radius 1 is 1.04 bits per heavy atom. The van der Waals surface area contributed by atoms with Crippen LogP contribution >= 0.6 is 0 Å². The summed E-state index contributed by atoms with van der Waals surface area (Å²) in [5.74, 6) is -10.5. The van der Waals surface area contributed by atoms with Crippen LogP contribution in [-0.4, -0.2) is 17.8 Å². The Bertz CT molecular complexity index is 658. The molecule has 0 amide bonds. The minimum Gasteiger partial charge on any atom is -0.423 e. The van der Waals surface area contributed by atoms with Gasteiger partial charge in [0.1, 0.15) is 11.3 Å². The highest BCUT2D eigenvalue weighted by molar-refractivity contribution is 5.93. The molecule has 1 aliphatic rings. The first-order chi connectivity index (χ1) is 10.7. The first-order valence-corrected chi connectivity index (χ1v) is 7.16. The summed E-state index contributed by atoms with van der Waals surface area (Å²) in [6.45, 7) is 3.41. The standard InChI is InChI=1S/C17H16F4O2/c1-3-4-12-7-10-14(17(20,21)16(12,18)19)15(22)23-13-8-5-11(2)6-9-13/h5-10H,3-4H2,1-2H3. The minimum atomic E-state index is -4.60. The van der Waals surface area contributed by atoms with E-state index in [9.17, 15) is 22.4 Å². The third-order valence-electron chi connectivity index (χ3n) is 3.56. The summed E-state index contributed by atoms with van der Waals surface area (Å²) in [4.78, 5) is 11.9. The number of allylic oxidation sites excluding steroid dienone is 3. The van der Waals surface area contributed by atoms with Crippen molar-refractivity contribution in [1.82, 2.24) is 0 Å².